The Morgan fingerprint density at radius 3 is 2.96 bits per heavy atom. The van der Waals surface area contributed by atoms with E-state index in [4.69, 9.17) is 5.26 Å². The molecule has 3 heterocycles. The van der Waals surface area contributed by atoms with Crippen LogP contribution in [0.3, 0.4) is 0 Å². The minimum absolute atomic E-state index is 0.0317. The fourth-order valence-electron chi connectivity index (χ4n) is 3.55. The number of benzene rings is 1. The second-order valence-electron chi connectivity index (χ2n) is 6.34. The molecular formula is C18H16N6O2. The second kappa shape index (κ2) is 6.44. The molecule has 0 aliphatic carbocycles. The highest BCUT2D eigenvalue weighted by Gasteiger charge is 2.29. The minimum Gasteiger partial charge on any atom is -0.365 e. The summed E-state index contributed by atoms with van der Waals surface area (Å²) in [5.74, 6) is 1.01. The Kier molecular flexibility index (Phi) is 3.97. The number of nitro benzene ring substituents is 1. The van der Waals surface area contributed by atoms with Gasteiger partial charge in [0.2, 0.25) is 0 Å². The Morgan fingerprint density at radius 1 is 1.27 bits per heavy atom. The molecule has 0 radical (unpaired) electrons. The largest absolute Gasteiger partial charge is 0.365 e. The van der Waals surface area contributed by atoms with Gasteiger partial charge in [-0.05, 0) is 37.1 Å². The molecule has 0 spiro atoms. The number of rotatable bonds is 3. The molecule has 3 aromatic rings. The van der Waals surface area contributed by atoms with Crippen LogP contribution in [0.15, 0.2) is 42.6 Å². The highest BCUT2D eigenvalue weighted by molar-refractivity contribution is 5.66. The fraction of sp³-hybridized carbons (Fsp3) is 0.278. The summed E-state index contributed by atoms with van der Waals surface area (Å²) in [6.07, 6.45) is 3.80. The molecule has 0 N–H and O–H groups in total. The molecule has 26 heavy (non-hydrogen) atoms. The van der Waals surface area contributed by atoms with Crippen molar-refractivity contribution in [3.63, 3.8) is 0 Å². The molecule has 1 saturated heterocycles. The predicted octanol–water partition coefficient (Wildman–Crippen LogP) is 2.89. The minimum atomic E-state index is -0.424. The van der Waals surface area contributed by atoms with E-state index < -0.39 is 4.92 Å². The summed E-state index contributed by atoms with van der Waals surface area (Å²) in [5.41, 5.74) is 1.60. The maximum absolute atomic E-state index is 11.5. The van der Waals surface area contributed by atoms with Crippen molar-refractivity contribution in [2.45, 2.75) is 18.8 Å². The Morgan fingerprint density at radius 2 is 2.15 bits per heavy atom. The number of aromatic nitrogens is 3. The Balaban J connectivity index is 1.67. The molecule has 8 nitrogen and oxygen atoms in total. The quantitative estimate of drug-likeness (QED) is 0.533. The third-order valence-electron chi connectivity index (χ3n) is 4.77. The van der Waals surface area contributed by atoms with Gasteiger partial charge in [-0.2, -0.15) is 5.26 Å². The highest BCUT2D eigenvalue weighted by atomic mass is 16.6. The lowest BCUT2D eigenvalue weighted by Crippen LogP contribution is -2.35. The van der Waals surface area contributed by atoms with Crippen LogP contribution in [0.25, 0.3) is 5.65 Å². The van der Waals surface area contributed by atoms with Crippen molar-refractivity contribution in [2.75, 3.05) is 18.0 Å². The van der Waals surface area contributed by atoms with Gasteiger partial charge in [-0.3, -0.25) is 14.5 Å². The molecule has 8 heteroatoms. The van der Waals surface area contributed by atoms with Gasteiger partial charge in [-0.15, -0.1) is 10.2 Å². The van der Waals surface area contributed by atoms with Crippen LogP contribution in [0.5, 0.6) is 0 Å². The summed E-state index contributed by atoms with van der Waals surface area (Å²) < 4.78 is 1.97. The SMILES string of the molecule is N#Cc1ccc(N2CCCC(c3nnc4ccccn34)C2)c([N+](=O)[O-])c1. The number of nitrogens with zero attached hydrogens (tertiary/aromatic N) is 6. The van der Waals surface area contributed by atoms with Gasteiger partial charge in [0.25, 0.3) is 5.69 Å². The standard InChI is InChI=1S/C18H16N6O2/c19-11-13-6-7-15(16(10-13)24(25)26)22-8-3-4-14(12-22)18-21-20-17-5-1-2-9-23(17)18/h1-2,5-7,9-10,14H,3-4,8,12H2. The lowest BCUT2D eigenvalue weighted by atomic mass is 9.96. The van der Waals surface area contributed by atoms with Gasteiger partial charge in [-0.1, -0.05) is 6.07 Å². The second-order valence-corrected chi connectivity index (χ2v) is 6.34. The highest BCUT2D eigenvalue weighted by Crippen LogP contribution is 2.34. The first kappa shape index (κ1) is 16.0. The molecule has 0 amide bonds. The van der Waals surface area contributed by atoms with E-state index in [-0.39, 0.29) is 17.2 Å². The number of pyridine rings is 1. The number of nitriles is 1. The summed E-state index contributed by atoms with van der Waals surface area (Å²) in [6.45, 7) is 1.36. The first-order chi connectivity index (χ1) is 12.7. The van der Waals surface area contributed by atoms with Crippen LogP contribution in [-0.4, -0.2) is 32.6 Å². The molecular weight excluding hydrogens is 332 g/mol. The van der Waals surface area contributed by atoms with E-state index in [1.54, 1.807) is 12.1 Å². The number of hydrogen-bond donors (Lipinski definition) is 0. The van der Waals surface area contributed by atoms with Crippen molar-refractivity contribution in [1.82, 2.24) is 14.6 Å². The van der Waals surface area contributed by atoms with Gasteiger partial charge in [0.1, 0.15) is 11.5 Å². The van der Waals surface area contributed by atoms with E-state index in [0.717, 1.165) is 30.9 Å². The predicted molar refractivity (Wildman–Crippen MR) is 95.0 cm³/mol. The van der Waals surface area contributed by atoms with Crippen LogP contribution in [0.4, 0.5) is 11.4 Å². The number of nitro groups is 1. The maximum atomic E-state index is 11.5. The van der Waals surface area contributed by atoms with Crippen molar-refractivity contribution < 1.29 is 4.92 Å². The van der Waals surface area contributed by atoms with Crippen LogP contribution in [-0.2, 0) is 0 Å². The lowest BCUT2D eigenvalue weighted by molar-refractivity contribution is -0.384. The van der Waals surface area contributed by atoms with Crippen molar-refractivity contribution in [3.8, 4) is 6.07 Å². The van der Waals surface area contributed by atoms with Crippen LogP contribution in [0.1, 0.15) is 30.1 Å². The van der Waals surface area contributed by atoms with Crippen LogP contribution in [0.2, 0.25) is 0 Å². The van der Waals surface area contributed by atoms with Crippen LogP contribution < -0.4 is 4.90 Å². The molecule has 1 fully saturated rings. The number of hydrogen-bond acceptors (Lipinski definition) is 6. The Hall–Kier alpha value is -3.47. The lowest BCUT2D eigenvalue weighted by Gasteiger charge is -2.33. The molecule has 1 atom stereocenters. The molecule has 1 aliphatic heterocycles. The summed E-state index contributed by atoms with van der Waals surface area (Å²) in [7, 11) is 0. The Labute approximate surface area is 149 Å². The van der Waals surface area contributed by atoms with Crippen molar-refractivity contribution in [3.05, 3.63) is 64.1 Å². The zero-order valence-corrected chi connectivity index (χ0v) is 13.9. The average Bonchev–Trinajstić information content (AvgIpc) is 3.11. The number of piperidine rings is 1. The summed E-state index contributed by atoms with van der Waals surface area (Å²) in [6, 6.07) is 12.3. The van der Waals surface area contributed by atoms with Crippen LogP contribution >= 0.6 is 0 Å². The first-order valence-electron chi connectivity index (χ1n) is 8.40. The normalized spacial score (nSPS) is 17.2. The van der Waals surface area contributed by atoms with E-state index in [2.05, 4.69) is 10.2 Å². The molecule has 2 aromatic heterocycles. The van der Waals surface area contributed by atoms with Crippen molar-refractivity contribution in [2.24, 2.45) is 0 Å². The maximum Gasteiger partial charge on any atom is 0.293 e. The molecule has 1 aromatic carbocycles. The summed E-state index contributed by atoms with van der Waals surface area (Å²) >= 11 is 0. The molecule has 1 unspecified atom stereocenters. The number of anilines is 1. The topological polar surface area (TPSA) is 100 Å². The average molecular weight is 348 g/mol. The first-order valence-corrected chi connectivity index (χ1v) is 8.40. The van der Waals surface area contributed by atoms with Gasteiger partial charge in [0.15, 0.2) is 5.65 Å². The third kappa shape index (κ3) is 2.73. The summed E-state index contributed by atoms with van der Waals surface area (Å²) in [5, 5.41) is 29.0. The van der Waals surface area contributed by atoms with Gasteiger partial charge in [0.05, 0.1) is 16.6 Å². The van der Waals surface area contributed by atoms with E-state index >= 15 is 0 Å². The molecule has 0 bridgehead atoms. The van der Waals surface area contributed by atoms with E-state index in [9.17, 15) is 10.1 Å². The van der Waals surface area contributed by atoms with E-state index in [1.807, 2.05) is 39.8 Å². The third-order valence-corrected chi connectivity index (χ3v) is 4.77. The van der Waals surface area contributed by atoms with Gasteiger partial charge in [-0.25, -0.2) is 0 Å². The van der Waals surface area contributed by atoms with E-state index in [0.29, 0.717) is 12.2 Å². The van der Waals surface area contributed by atoms with Crippen molar-refractivity contribution in [1.29, 1.82) is 5.26 Å². The molecule has 0 saturated carbocycles. The summed E-state index contributed by atoms with van der Waals surface area (Å²) in [4.78, 5) is 13.0. The molecule has 1 aliphatic rings. The monoisotopic (exact) mass is 348 g/mol. The van der Waals surface area contributed by atoms with Gasteiger partial charge >= 0.3 is 0 Å². The van der Waals surface area contributed by atoms with E-state index in [1.165, 1.54) is 6.07 Å². The zero-order chi connectivity index (χ0) is 18.1. The van der Waals surface area contributed by atoms with Gasteiger partial charge < -0.3 is 4.90 Å². The number of fused-ring (bicyclic) bond motifs is 1. The van der Waals surface area contributed by atoms with Crippen molar-refractivity contribution >= 4 is 17.0 Å². The molecule has 4 rings (SSSR count). The zero-order valence-electron chi connectivity index (χ0n) is 13.9. The van der Waals surface area contributed by atoms with Gasteiger partial charge in [0, 0.05) is 31.3 Å². The Bertz CT molecular complexity index is 1020. The smallest absolute Gasteiger partial charge is 0.293 e. The fourth-order valence-corrected chi connectivity index (χ4v) is 3.55. The van der Waals surface area contributed by atoms with Crippen LogP contribution in [0, 0.1) is 21.4 Å². The molecule has 130 valence electrons.